The lowest BCUT2D eigenvalue weighted by atomic mass is 10.1. The Kier molecular flexibility index (Phi) is 4.78. The van der Waals surface area contributed by atoms with Gasteiger partial charge in [-0.25, -0.2) is 4.98 Å². The van der Waals surface area contributed by atoms with Gasteiger partial charge in [0.15, 0.2) is 23.2 Å². The fourth-order valence-electron chi connectivity index (χ4n) is 2.84. The van der Waals surface area contributed by atoms with E-state index >= 15 is 0 Å². The van der Waals surface area contributed by atoms with E-state index < -0.39 is 24.5 Å². The van der Waals surface area contributed by atoms with Crippen molar-refractivity contribution in [3.8, 4) is 6.07 Å². The lowest BCUT2D eigenvalue weighted by Crippen LogP contribution is -2.32. The molecule has 1 saturated heterocycles. The molecule has 0 radical (unpaired) electrons. The summed E-state index contributed by atoms with van der Waals surface area (Å²) >= 11 is 0. The number of nitriles is 1. The van der Waals surface area contributed by atoms with E-state index in [-0.39, 0.29) is 17.2 Å². The van der Waals surface area contributed by atoms with Crippen LogP contribution < -0.4 is 5.32 Å². The molecule has 138 valence electrons. The van der Waals surface area contributed by atoms with Crippen LogP contribution in [0.25, 0.3) is 11.2 Å². The van der Waals surface area contributed by atoms with Crippen molar-refractivity contribution in [2.24, 2.45) is 0 Å². The number of hydrogen-bond donors (Lipinski definition) is 4. The number of rotatable bonds is 4. The molecule has 2 aromatic rings. The van der Waals surface area contributed by atoms with Gasteiger partial charge in [-0.1, -0.05) is 0 Å². The summed E-state index contributed by atoms with van der Waals surface area (Å²) in [6.45, 7) is 5.80. The Morgan fingerprint density at radius 2 is 2.08 bits per heavy atom. The first kappa shape index (κ1) is 18.1. The van der Waals surface area contributed by atoms with E-state index in [9.17, 15) is 15.3 Å². The quantitative estimate of drug-likeness (QED) is 0.575. The van der Waals surface area contributed by atoms with Crippen LogP contribution in [0.15, 0.2) is 17.7 Å². The molecular formula is C16H20N6O4. The third-order valence-corrected chi connectivity index (χ3v) is 4.16. The molecule has 0 aliphatic carbocycles. The summed E-state index contributed by atoms with van der Waals surface area (Å²) in [7, 11) is 0. The highest BCUT2D eigenvalue weighted by Gasteiger charge is 2.46. The number of fused-ring (bicyclic) bond motifs is 1. The number of aliphatic hydroxyl groups is 3. The third kappa shape index (κ3) is 2.86. The number of aromatic nitrogens is 4. The zero-order valence-corrected chi connectivity index (χ0v) is 14.6. The molecule has 0 unspecified atom stereocenters. The molecule has 4 atom stereocenters. The van der Waals surface area contributed by atoms with Gasteiger partial charge in [0.25, 0.3) is 0 Å². The molecule has 4 N–H and O–H groups in total. The average molecular weight is 360 g/mol. The smallest absolute Gasteiger partial charge is 0.236 e. The standard InChI is InChI=1S/C16H20N6O4/c1-4-18-14-9-15(21-8(5-17)20-14)22(6-19-9)16-12(25)11(24)13(26-16)10(23)7(2)3/h6,11-13,16,23-25H,4H2,1-3H3,(H,18,20,21)/t11-,12+,13+,16+/m0/s1. The minimum atomic E-state index is -1.32. The normalized spacial score (nSPS) is 25.2. The molecule has 0 aromatic carbocycles. The molecule has 1 aliphatic heterocycles. The van der Waals surface area contributed by atoms with E-state index in [2.05, 4.69) is 20.3 Å². The predicted molar refractivity (Wildman–Crippen MR) is 91.1 cm³/mol. The number of nitrogens with zero attached hydrogens (tertiary/aromatic N) is 5. The molecule has 1 aliphatic rings. The van der Waals surface area contributed by atoms with Crippen LogP contribution in [-0.2, 0) is 4.74 Å². The molecule has 0 saturated carbocycles. The van der Waals surface area contributed by atoms with E-state index in [1.54, 1.807) is 13.8 Å². The summed E-state index contributed by atoms with van der Waals surface area (Å²) in [6, 6.07) is 1.88. The molecule has 3 rings (SSSR count). The molecule has 2 aromatic heterocycles. The van der Waals surface area contributed by atoms with Crippen molar-refractivity contribution in [3.05, 3.63) is 23.5 Å². The first-order valence-corrected chi connectivity index (χ1v) is 8.15. The lowest BCUT2D eigenvalue weighted by Gasteiger charge is -2.16. The van der Waals surface area contributed by atoms with Gasteiger partial charge < -0.3 is 25.4 Å². The Balaban J connectivity index is 2.07. The second kappa shape index (κ2) is 6.87. The number of imidazole rings is 1. The number of hydrogen-bond acceptors (Lipinski definition) is 9. The van der Waals surface area contributed by atoms with Gasteiger partial charge >= 0.3 is 0 Å². The van der Waals surface area contributed by atoms with Gasteiger partial charge in [0.1, 0.15) is 30.1 Å². The molecule has 26 heavy (non-hydrogen) atoms. The summed E-state index contributed by atoms with van der Waals surface area (Å²) in [4.78, 5) is 12.5. The summed E-state index contributed by atoms with van der Waals surface area (Å²) in [5.41, 5.74) is 1.26. The number of anilines is 1. The maximum absolute atomic E-state index is 10.4. The third-order valence-electron chi connectivity index (χ3n) is 4.16. The second-order valence-electron chi connectivity index (χ2n) is 6.18. The van der Waals surface area contributed by atoms with Crippen molar-refractivity contribution in [2.75, 3.05) is 11.9 Å². The first-order chi connectivity index (χ1) is 12.4. The Morgan fingerprint density at radius 1 is 1.35 bits per heavy atom. The van der Waals surface area contributed by atoms with Crippen LogP contribution in [-0.4, -0.2) is 59.7 Å². The Morgan fingerprint density at radius 3 is 2.69 bits per heavy atom. The second-order valence-corrected chi connectivity index (χ2v) is 6.18. The van der Waals surface area contributed by atoms with Gasteiger partial charge in [0.2, 0.25) is 5.82 Å². The minimum absolute atomic E-state index is 0.0630. The zero-order chi connectivity index (χ0) is 19.0. The summed E-state index contributed by atoms with van der Waals surface area (Å²) < 4.78 is 7.11. The molecule has 0 amide bonds. The fourth-order valence-corrected chi connectivity index (χ4v) is 2.84. The van der Waals surface area contributed by atoms with Crippen LogP contribution in [0.2, 0.25) is 0 Å². The average Bonchev–Trinajstić information content (AvgIpc) is 3.16. The monoisotopic (exact) mass is 360 g/mol. The van der Waals surface area contributed by atoms with Crippen LogP contribution in [0, 0.1) is 11.3 Å². The van der Waals surface area contributed by atoms with Gasteiger partial charge in [-0.15, -0.1) is 0 Å². The first-order valence-electron chi connectivity index (χ1n) is 8.15. The highest BCUT2D eigenvalue weighted by Crippen LogP contribution is 2.35. The number of nitrogens with one attached hydrogen (secondary N) is 1. The van der Waals surface area contributed by atoms with E-state index in [1.165, 1.54) is 10.9 Å². The minimum Gasteiger partial charge on any atom is -0.510 e. The molecule has 1 fully saturated rings. The van der Waals surface area contributed by atoms with Crippen LogP contribution in [0.1, 0.15) is 32.8 Å². The maximum Gasteiger partial charge on any atom is 0.236 e. The summed E-state index contributed by atoms with van der Waals surface area (Å²) in [5, 5.41) is 43.0. The predicted octanol–water partition coefficient (Wildman–Crippen LogP) is 0.601. The van der Waals surface area contributed by atoms with Gasteiger partial charge in [0, 0.05) is 6.54 Å². The molecule has 10 heteroatoms. The number of allylic oxidation sites excluding steroid dienone is 1. The zero-order valence-electron chi connectivity index (χ0n) is 14.6. The van der Waals surface area contributed by atoms with Crippen LogP contribution in [0.4, 0.5) is 5.82 Å². The maximum atomic E-state index is 10.4. The van der Waals surface area contributed by atoms with E-state index in [0.29, 0.717) is 23.5 Å². The molecule has 0 spiro atoms. The largest absolute Gasteiger partial charge is 0.510 e. The highest BCUT2D eigenvalue weighted by atomic mass is 16.6. The summed E-state index contributed by atoms with van der Waals surface area (Å²) in [5.74, 6) is 0.195. The number of aliphatic hydroxyl groups excluding tert-OH is 3. The SMILES string of the molecule is CCNc1nc(C#N)nc2c1ncn2[C@@H]1O[C@H](C(O)=C(C)C)[C@@H](O)[C@H]1O. The Hall–Kier alpha value is -2.74. The van der Waals surface area contributed by atoms with Crippen molar-refractivity contribution in [1.82, 2.24) is 19.5 Å². The van der Waals surface area contributed by atoms with Crippen molar-refractivity contribution in [3.63, 3.8) is 0 Å². The van der Waals surface area contributed by atoms with Crippen molar-refractivity contribution >= 4 is 17.0 Å². The van der Waals surface area contributed by atoms with Gasteiger partial charge in [0.05, 0.1) is 6.33 Å². The lowest BCUT2D eigenvalue weighted by molar-refractivity contribution is -0.0345. The van der Waals surface area contributed by atoms with Gasteiger partial charge in [-0.05, 0) is 26.3 Å². The van der Waals surface area contributed by atoms with E-state index in [0.717, 1.165) is 0 Å². The topological polar surface area (TPSA) is 149 Å². The Bertz CT molecular complexity index is 898. The Labute approximate surface area is 149 Å². The molecular weight excluding hydrogens is 340 g/mol. The van der Waals surface area contributed by atoms with Crippen LogP contribution >= 0.6 is 0 Å². The van der Waals surface area contributed by atoms with Crippen molar-refractivity contribution in [1.29, 1.82) is 5.26 Å². The van der Waals surface area contributed by atoms with Crippen LogP contribution in [0.5, 0.6) is 0 Å². The summed E-state index contributed by atoms with van der Waals surface area (Å²) in [6.07, 6.45) is -3.34. The number of ether oxygens (including phenoxy) is 1. The van der Waals surface area contributed by atoms with E-state index in [4.69, 9.17) is 10.00 Å². The van der Waals surface area contributed by atoms with Gasteiger partial charge in [-0.2, -0.15) is 15.2 Å². The van der Waals surface area contributed by atoms with Gasteiger partial charge in [-0.3, -0.25) is 4.57 Å². The molecule has 10 nitrogen and oxygen atoms in total. The highest BCUT2D eigenvalue weighted by molar-refractivity contribution is 5.83. The van der Waals surface area contributed by atoms with E-state index in [1.807, 2.05) is 13.0 Å². The fraction of sp³-hybridized carbons (Fsp3) is 0.500. The van der Waals surface area contributed by atoms with Crippen molar-refractivity contribution < 1.29 is 20.1 Å². The molecule has 0 bridgehead atoms. The molecule has 3 heterocycles. The van der Waals surface area contributed by atoms with Crippen LogP contribution in [0.3, 0.4) is 0 Å². The van der Waals surface area contributed by atoms with Crippen molar-refractivity contribution in [2.45, 2.75) is 45.3 Å².